The van der Waals surface area contributed by atoms with Crippen molar-refractivity contribution in [2.24, 2.45) is 0 Å². The second kappa shape index (κ2) is 6.93. The number of nitrogen functional groups attached to an aromatic ring is 1. The Morgan fingerprint density at radius 2 is 1.76 bits per heavy atom. The van der Waals surface area contributed by atoms with Crippen LogP contribution >= 0.6 is 11.6 Å². The van der Waals surface area contributed by atoms with Gasteiger partial charge in [0.1, 0.15) is 5.15 Å². The van der Waals surface area contributed by atoms with E-state index >= 15 is 0 Å². The number of hydrogen-bond donors (Lipinski definition) is 1. The van der Waals surface area contributed by atoms with Gasteiger partial charge in [0.2, 0.25) is 5.95 Å². The summed E-state index contributed by atoms with van der Waals surface area (Å²) in [6, 6.07) is 7.91. The average Bonchev–Trinajstić information content (AvgIpc) is 3.19. The van der Waals surface area contributed by atoms with Gasteiger partial charge >= 0.3 is 0 Å². The fourth-order valence-corrected chi connectivity index (χ4v) is 4.01. The van der Waals surface area contributed by atoms with Crippen molar-refractivity contribution in [1.29, 1.82) is 0 Å². The highest BCUT2D eigenvalue weighted by molar-refractivity contribution is 6.32. The summed E-state index contributed by atoms with van der Waals surface area (Å²) in [4.78, 5) is 21.5. The average molecular weight is 404 g/mol. The van der Waals surface area contributed by atoms with E-state index in [1.807, 2.05) is 36.9 Å². The van der Waals surface area contributed by atoms with Gasteiger partial charge in [-0.25, -0.2) is 19.9 Å². The Hall–Kier alpha value is -3.32. The van der Waals surface area contributed by atoms with Crippen LogP contribution in [-0.2, 0) is 5.54 Å². The van der Waals surface area contributed by atoms with E-state index in [0.717, 1.165) is 47.3 Å². The van der Waals surface area contributed by atoms with Crippen LogP contribution in [0.5, 0.6) is 0 Å². The molecule has 0 saturated heterocycles. The minimum Gasteiger partial charge on any atom is -0.368 e. The molecule has 0 bridgehead atoms. The molecule has 1 saturated carbocycles. The van der Waals surface area contributed by atoms with Crippen molar-refractivity contribution in [3.63, 3.8) is 0 Å². The van der Waals surface area contributed by atoms with Crippen molar-refractivity contribution in [2.75, 3.05) is 5.73 Å². The summed E-state index contributed by atoms with van der Waals surface area (Å²) >= 11 is 6.24. The number of hydrogen-bond acceptors (Lipinski definition) is 6. The van der Waals surface area contributed by atoms with Gasteiger partial charge < -0.3 is 10.3 Å². The molecular formula is C21H18ClN7. The van der Waals surface area contributed by atoms with Gasteiger partial charge in [0.15, 0.2) is 0 Å². The molecule has 0 aliphatic heterocycles. The van der Waals surface area contributed by atoms with Crippen LogP contribution in [0.2, 0.25) is 5.15 Å². The maximum Gasteiger partial charge on any atom is 0.219 e. The Bertz CT molecular complexity index is 1150. The minimum absolute atomic E-state index is 0.136. The molecule has 8 heteroatoms. The van der Waals surface area contributed by atoms with Gasteiger partial charge in [0, 0.05) is 42.1 Å². The van der Waals surface area contributed by atoms with Gasteiger partial charge in [-0.3, -0.25) is 4.98 Å². The Morgan fingerprint density at radius 1 is 0.931 bits per heavy atom. The molecule has 4 heterocycles. The number of rotatable bonds is 4. The first-order valence-corrected chi connectivity index (χ1v) is 9.73. The third-order valence-electron chi connectivity index (χ3n) is 5.56. The topological polar surface area (TPSA) is 95.4 Å². The minimum atomic E-state index is -0.136. The van der Waals surface area contributed by atoms with Crippen LogP contribution in [0.4, 0.5) is 5.95 Å². The maximum atomic E-state index is 6.24. The molecule has 0 amide bonds. The Morgan fingerprint density at radius 3 is 2.41 bits per heavy atom. The van der Waals surface area contributed by atoms with Crippen LogP contribution in [0, 0.1) is 0 Å². The van der Waals surface area contributed by atoms with E-state index in [1.54, 1.807) is 18.6 Å². The molecule has 0 atom stereocenters. The lowest BCUT2D eigenvalue weighted by Gasteiger charge is -2.43. The van der Waals surface area contributed by atoms with E-state index in [0.29, 0.717) is 5.15 Å². The first kappa shape index (κ1) is 17.8. The summed E-state index contributed by atoms with van der Waals surface area (Å²) in [6.45, 7) is 0. The second-order valence-corrected chi connectivity index (χ2v) is 7.51. The highest BCUT2D eigenvalue weighted by Gasteiger charge is 2.41. The van der Waals surface area contributed by atoms with E-state index in [4.69, 9.17) is 17.3 Å². The van der Waals surface area contributed by atoms with Crippen LogP contribution in [-0.4, -0.2) is 29.5 Å². The van der Waals surface area contributed by atoms with Crippen molar-refractivity contribution in [2.45, 2.75) is 24.8 Å². The SMILES string of the molecule is Nc1ncc(-c2ccc(C3(n4cnc(-c5cccnc5Cl)c4)CCC3)cn2)cn1. The molecule has 2 N–H and O–H groups in total. The quantitative estimate of drug-likeness (QED) is 0.518. The fourth-order valence-electron chi connectivity index (χ4n) is 3.79. The van der Waals surface area contributed by atoms with Gasteiger partial charge in [-0.1, -0.05) is 17.7 Å². The summed E-state index contributed by atoms with van der Waals surface area (Å²) < 4.78 is 2.18. The molecule has 7 nitrogen and oxygen atoms in total. The van der Waals surface area contributed by atoms with Crippen molar-refractivity contribution >= 4 is 17.5 Å². The van der Waals surface area contributed by atoms with Crippen LogP contribution < -0.4 is 5.73 Å². The molecule has 0 spiro atoms. The van der Waals surface area contributed by atoms with E-state index in [-0.39, 0.29) is 11.5 Å². The third kappa shape index (κ3) is 3.03. The molecule has 0 radical (unpaired) electrons. The molecule has 4 aromatic heterocycles. The van der Waals surface area contributed by atoms with E-state index < -0.39 is 0 Å². The largest absolute Gasteiger partial charge is 0.368 e. The monoisotopic (exact) mass is 403 g/mol. The van der Waals surface area contributed by atoms with Gasteiger partial charge in [-0.2, -0.15) is 0 Å². The molecule has 144 valence electrons. The maximum absolute atomic E-state index is 6.24. The Balaban J connectivity index is 1.48. The van der Waals surface area contributed by atoms with E-state index in [2.05, 4.69) is 35.6 Å². The first-order chi connectivity index (χ1) is 14.2. The number of nitrogens with zero attached hydrogens (tertiary/aromatic N) is 6. The second-order valence-electron chi connectivity index (χ2n) is 7.16. The van der Waals surface area contributed by atoms with Crippen LogP contribution in [0.25, 0.3) is 22.5 Å². The van der Waals surface area contributed by atoms with Gasteiger partial charge in [-0.05, 0) is 43.0 Å². The van der Waals surface area contributed by atoms with Crippen molar-refractivity contribution < 1.29 is 0 Å². The van der Waals surface area contributed by atoms with Gasteiger partial charge in [0.05, 0.1) is 23.3 Å². The highest BCUT2D eigenvalue weighted by atomic mass is 35.5. The molecule has 0 aromatic carbocycles. The Kier molecular flexibility index (Phi) is 4.24. The molecule has 4 aromatic rings. The number of pyridine rings is 2. The summed E-state index contributed by atoms with van der Waals surface area (Å²) in [5, 5.41) is 0.456. The molecule has 1 aliphatic carbocycles. The third-order valence-corrected chi connectivity index (χ3v) is 5.86. The van der Waals surface area contributed by atoms with Crippen LogP contribution in [0.3, 0.4) is 0 Å². The van der Waals surface area contributed by atoms with Gasteiger partial charge in [-0.15, -0.1) is 0 Å². The number of halogens is 1. The van der Waals surface area contributed by atoms with Crippen molar-refractivity contribution in [3.8, 4) is 22.5 Å². The lowest BCUT2D eigenvalue weighted by Crippen LogP contribution is -2.41. The molecule has 0 unspecified atom stereocenters. The summed E-state index contributed by atoms with van der Waals surface area (Å²) in [5.41, 5.74) is 9.89. The zero-order valence-electron chi connectivity index (χ0n) is 15.5. The fraction of sp³-hybridized carbons (Fsp3) is 0.190. The molecule has 29 heavy (non-hydrogen) atoms. The van der Waals surface area contributed by atoms with Crippen LogP contribution in [0.1, 0.15) is 24.8 Å². The molecule has 5 rings (SSSR count). The van der Waals surface area contributed by atoms with E-state index in [9.17, 15) is 0 Å². The highest BCUT2D eigenvalue weighted by Crippen LogP contribution is 2.45. The number of aromatic nitrogens is 6. The molecular weight excluding hydrogens is 386 g/mol. The van der Waals surface area contributed by atoms with E-state index in [1.165, 1.54) is 0 Å². The Labute approximate surface area is 172 Å². The predicted molar refractivity (Wildman–Crippen MR) is 111 cm³/mol. The lowest BCUT2D eigenvalue weighted by atomic mass is 9.72. The molecule has 1 aliphatic rings. The number of anilines is 1. The first-order valence-electron chi connectivity index (χ1n) is 9.35. The smallest absolute Gasteiger partial charge is 0.219 e. The zero-order chi connectivity index (χ0) is 19.8. The van der Waals surface area contributed by atoms with Crippen molar-refractivity contribution in [1.82, 2.24) is 29.5 Å². The zero-order valence-corrected chi connectivity index (χ0v) is 16.3. The number of nitrogens with two attached hydrogens (primary N) is 1. The predicted octanol–water partition coefficient (Wildman–Crippen LogP) is 3.96. The van der Waals surface area contributed by atoms with Crippen molar-refractivity contribution in [3.05, 3.63) is 72.3 Å². The number of imidazole rings is 1. The standard InChI is InChI=1S/C21H18ClN7/c22-19-16(3-1-8-24-19)18-12-29(13-28-18)21(6-2-7-21)15-4-5-17(25-11-15)14-9-26-20(23)27-10-14/h1,3-5,8-13H,2,6-7H2,(H2,23,26,27). The normalized spacial score (nSPS) is 15.1. The lowest BCUT2D eigenvalue weighted by molar-refractivity contribution is 0.196. The van der Waals surface area contributed by atoms with Crippen LogP contribution in [0.15, 0.2) is 61.6 Å². The summed E-state index contributed by atoms with van der Waals surface area (Å²) in [5.74, 6) is 0.253. The summed E-state index contributed by atoms with van der Waals surface area (Å²) in [6.07, 6.45) is 14.1. The molecule has 1 fully saturated rings. The summed E-state index contributed by atoms with van der Waals surface area (Å²) in [7, 11) is 0. The van der Waals surface area contributed by atoms with Gasteiger partial charge in [0.25, 0.3) is 0 Å².